The highest BCUT2D eigenvalue weighted by atomic mass is 16.3. The van der Waals surface area contributed by atoms with E-state index in [9.17, 15) is 5.11 Å². The van der Waals surface area contributed by atoms with E-state index in [0.717, 1.165) is 25.2 Å². The van der Waals surface area contributed by atoms with E-state index >= 15 is 0 Å². The summed E-state index contributed by atoms with van der Waals surface area (Å²) in [5, 5.41) is 10.8. The molecule has 1 aliphatic carbocycles. The third kappa shape index (κ3) is 3.98. The van der Waals surface area contributed by atoms with Gasteiger partial charge >= 0.3 is 0 Å². The molecule has 1 fully saturated rings. The number of rotatable bonds is 6. The predicted molar refractivity (Wildman–Crippen MR) is 79.7 cm³/mol. The fourth-order valence-corrected chi connectivity index (χ4v) is 3.54. The van der Waals surface area contributed by atoms with Gasteiger partial charge < -0.3 is 5.11 Å². The molecule has 18 heavy (non-hydrogen) atoms. The van der Waals surface area contributed by atoms with Gasteiger partial charge in [-0.05, 0) is 49.4 Å². The molecule has 0 aromatic carbocycles. The molecule has 1 rings (SSSR count). The predicted octanol–water partition coefficient (Wildman–Crippen LogP) is 5.17. The average Bonchev–Trinajstić information content (AvgIpc) is 2.36. The second-order valence-electron chi connectivity index (χ2n) is 7.23. The topological polar surface area (TPSA) is 20.2 Å². The fourth-order valence-electron chi connectivity index (χ4n) is 3.54. The van der Waals surface area contributed by atoms with Crippen LogP contribution in [0.5, 0.6) is 0 Å². The summed E-state index contributed by atoms with van der Waals surface area (Å²) < 4.78 is 0. The van der Waals surface area contributed by atoms with Gasteiger partial charge in [0.05, 0.1) is 5.60 Å². The quantitative estimate of drug-likeness (QED) is 0.693. The van der Waals surface area contributed by atoms with Crippen LogP contribution >= 0.6 is 0 Å². The number of aliphatic hydroxyl groups is 1. The summed E-state index contributed by atoms with van der Waals surface area (Å²) in [6.07, 6.45) is 9.19. The van der Waals surface area contributed by atoms with Gasteiger partial charge in [0.15, 0.2) is 0 Å². The summed E-state index contributed by atoms with van der Waals surface area (Å²) in [5.41, 5.74) is 0.104. The van der Waals surface area contributed by atoms with Crippen LogP contribution in [0.25, 0.3) is 0 Å². The van der Waals surface area contributed by atoms with E-state index in [1.165, 1.54) is 32.1 Å². The molecular weight excluding hydrogens is 220 g/mol. The molecule has 1 nitrogen and oxygen atoms in total. The molecule has 108 valence electrons. The van der Waals surface area contributed by atoms with Gasteiger partial charge in [-0.1, -0.05) is 53.9 Å². The molecular formula is C17H34O. The number of hydrogen-bond donors (Lipinski definition) is 1. The van der Waals surface area contributed by atoms with Crippen molar-refractivity contribution in [2.45, 2.75) is 91.6 Å². The van der Waals surface area contributed by atoms with Crippen molar-refractivity contribution in [1.29, 1.82) is 0 Å². The first kappa shape index (κ1) is 16.0. The summed E-state index contributed by atoms with van der Waals surface area (Å²) in [4.78, 5) is 0. The second-order valence-corrected chi connectivity index (χ2v) is 7.23. The molecule has 0 radical (unpaired) electrons. The third-order valence-electron chi connectivity index (χ3n) is 5.76. The Bertz CT molecular complexity index is 232. The van der Waals surface area contributed by atoms with E-state index in [1.54, 1.807) is 0 Å². The minimum absolute atomic E-state index is 0.350. The smallest absolute Gasteiger partial charge is 0.0650 e. The van der Waals surface area contributed by atoms with E-state index in [1.807, 2.05) is 0 Å². The highest BCUT2D eigenvalue weighted by molar-refractivity contribution is 4.91. The van der Waals surface area contributed by atoms with Crippen molar-refractivity contribution in [2.24, 2.45) is 17.3 Å². The molecule has 0 atom stereocenters. The van der Waals surface area contributed by atoms with Gasteiger partial charge in [0.2, 0.25) is 0 Å². The SMILES string of the molecule is CCC(CC)CC1(O)CCC(C(C)(C)CC)CC1. The van der Waals surface area contributed by atoms with E-state index < -0.39 is 0 Å². The summed E-state index contributed by atoms with van der Waals surface area (Å²) in [6.45, 7) is 11.6. The van der Waals surface area contributed by atoms with Crippen LogP contribution in [0.15, 0.2) is 0 Å². The molecule has 1 aliphatic rings. The zero-order valence-corrected chi connectivity index (χ0v) is 13.3. The Balaban J connectivity index is 2.51. The van der Waals surface area contributed by atoms with Crippen LogP contribution in [0.4, 0.5) is 0 Å². The standard InChI is InChI=1S/C17H34O/c1-6-14(7-2)13-17(18)11-9-15(10-12-17)16(4,5)8-3/h14-15,18H,6-13H2,1-5H3. The Morgan fingerprint density at radius 2 is 1.61 bits per heavy atom. The minimum Gasteiger partial charge on any atom is -0.390 e. The van der Waals surface area contributed by atoms with Crippen molar-refractivity contribution in [1.82, 2.24) is 0 Å². The minimum atomic E-state index is -0.350. The van der Waals surface area contributed by atoms with Crippen LogP contribution in [0.1, 0.15) is 86.0 Å². The van der Waals surface area contributed by atoms with E-state index in [4.69, 9.17) is 0 Å². The highest BCUT2D eigenvalue weighted by Gasteiger charge is 2.38. The largest absolute Gasteiger partial charge is 0.390 e. The van der Waals surface area contributed by atoms with Gasteiger partial charge in [0.1, 0.15) is 0 Å². The maximum Gasteiger partial charge on any atom is 0.0650 e. The first-order valence-corrected chi connectivity index (χ1v) is 8.09. The van der Waals surface area contributed by atoms with E-state index in [-0.39, 0.29) is 5.60 Å². The molecule has 0 aliphatic heterocycles. The number of hydrogen-bond acceptors (Lipinski definition) is 1. The fraction of sp³-hybridized carbons (Fsp3) is 1.00. The third-order valence-corrected chi connectivity index (χ3v) is 5.76. The van der Waals surface area contributed by atoms with Crippen molar-refractivity contribution in [2.75, 3.05) is 0 Å². The molecule has 1 N–H and O–H groups in total. The van der Waals surface area contributed by atoms with Crippen LogP contribution < -0.4 is 0 Å². The Morgan fingerprint density at radius 1 is 1.11 bits per heavy atom. The highest BCUT2D eigenvalue weighted by Crippen LogP contribution is 2.45. The van der Waals surface area contributed by atoms with Crippen LogP contribution in [0.2, 0.25) is 0 Å². The van der Waals surface area contributed by atoms with E-state index in [2.05, 4.69) is 34.6 Å². The van der Waals surface area contributed by atoms with Gasteiger partial charge in [-0.15, -0.1) is 0 Å². The van der Waals surface area contributed by atoms with Gasteiger partial charge in [0.25, 0.3) is 0 Å². The summed E-state index contributed by atoms with van der Waals surface area (Å²) >= 11 is 0. The molecule has 0 aromatic rings. The Kier molecular flexibility index (Phi) is 5.70. The molecule has 0 aromatic heterocycles. The van der Waals surface area contributed by atoms with Gasteiger partial charge in [-0.2, -0.15) is 0 Å². The average molecular weight is 254 g/mol. The first-order chi connectivity index (χ1) is 8.37. The van der Waals surface area contributed by atoms with Crippen molar-refractivity contribution >= 4 is 0 Å². The Labute approximate surface area is 114 Å². The van der Waals surface area contributed by atoms with Crippen molar-refractivity contribution in [3.63, 3.8) is 0 Å². The Morgan fingerprint density at radius 3 is 2.00 bits per heavy atom. The summed E-state index contributed by atoms with van der Waals surface area (Å²) in [7, 11) is 0. The molecule has 0 saturated heterocycles. The van der Waals surface area contributed by atoms with Crippen molar-refractivity contribution in [3.05, 3.63) is 0 Å². The summed E-state index contributed by atoms with van der Waals surface area (Å²) in [5.74, 6) is 1.52. The first-order valence-electron chi connectivity index (χ1n) is 8.09. The normalized spacial score (nSPS) is 29.8. The molecule has 0 heterocycles. The molecule has 0 spiro atoms. The maximum absolute atomic E-state index is 10.8. The lowest BCUT2D eigenvalue weighted by molar-refractivity contribution is -0.0455. The van der Waals surface area contributed by atoms with Gasteiger partial charge in [0, 0.05) is 0 Å². The zero-order valence-electron chi connectivity index (χ0n) is 13.3. The Hall–Kier alpha value is -0.0400. The lowest BCUT2D eigenvalue weighted by atomic mass is 9.65. The van der Waals surface area contributed by atoms with Gasteiger partial charge in [-0.3, -0.25) is 0 Å². The van der Waals surface area contributed by atoms with Gasteiger partial charge in [-0.25, -0.2) is 0 Å². The molecule has 0 amide bonds. The zero-order chi connectivity index (χ0) is 13.8. The van der Waals surface area contributed by atoms with Crippen molar-refractivity contribution < 1.29 is 5.11 Å². The molecule has 1 saturated carbocycles. The molecule has 0 bridgehead atoms. The second kappa shape index (κ2) is 6.41. The molecule has 1 heteroatoms. The maximum atomic E-state index is 10.8. The van der Waals surface area contributed by atoms with E-state index in [0.29, 0.717) is 11.3 Å². The lowest BCUT2D eigenvalue weighted by Crippen LogP contribution is -2.39. The summed E-state index contributed by atoms with van der Waals surface area (Å²) in [6, 6.07) is 0. The monoisotopic (exact) mass is 254 g/mol. The lowest BCUT2D eigenvalue weighted by Gasteiger charge is -2.43. The van der Waals surface area contributed by atoms with Crippen LogP contribution in [-0.4, -0.2) is 10.7 Å². The van der Waals surface area contributed by atoms with Crippen LogP contribution in [-0.2, 0) is 0 Å². The molecule has 0 unspecified atom stereocenters. The van der Waals surface area contributed by atoms with Crippen LogP contribution in [0.3, 0.4) is 0 Å². The van der Waals surface area contributed by atoms with Crippen LogP contribution in [0, 0.1) is 17.3 Å². The van der Waals surface area contributed by atoms with Crippen molar-refractivity contribution in [3.8, 4) is 0 Å².